The van der Waals surface area contributed by atoms with Crippen LogP contribution in [0.1, 0.15) is 12.5 Å². The van der Waals surface area contributed by atoms with E-state index in [1.165, 1.54) is 5.56 Å². The van der Waals surface area contributed by atoms with Crippen LogP contribution in [0.3, 0.4) is 0 Å². The summed E-state index contributed by atoms with van der Waals surface area (Å²) in [6, 6.07) is 10.0. The van der Waals surface area contributed by atoms with Crippen molar-refractivity contribution in [3.05, 3.63) is 67.3 Å². The fraction of sp³-hybridized carbons (Fsp3) is 0.0667. The Hall–Kier alpha value is -2.62. The molecule has 0 aliphatic heterocycles. The Kier molecular flexibility index (Phi) is 11.7. The fourth-order valence-corrected chi connectivity index (χ4v) is 0.589. The summed E-state index contributed by atoms with van der Waals surface area (Å²) in [5, 5.41) is 7.60. The van der Waals surface area contributed by atoms with Crippen LogP contribution in [0.15, 0.2) is 61.7 Å². The highest BCUT2D eigenvalue weighted by atomic mass is 16.4. The molecular formula is C15H19NO3. The summed E-state index contributed by atoms with van der Waals surface area (Å²) >= 11 is 0. The van der Waals surface area contributed by atoms with E-state index in [-0.39, 0.29) is 0 Å². The number of carbonyl (C=O) groups is 2. The molecule has 0 aliphatic carbocycles. The lowest BCUT2D eigenvalue weighted by atomic mass is 10.2. The quantitative estimate of drug-likeness (QED) is 0.821. The Morgan fingerprint density at radius 3 is 1.74 bits per heavy atom. The van der Waals surface area contributed by atoms with Crippen LogP contribution in [0.5, 0.6) is 0 Å². The van der Waals surface area contributed by atoms with E-state index in [4.69, 9.17) is 10.8 Å². The molecule has 102 valence electrons. The number of primary amides is 1. The Bertz CT molecular complexity index is 424. The fourth-order valence-electron chi connectivity index (χ4n) is 0.589. The lowest BCUT2D eigenvalue weighted by Gasteiger charge is -1.85. The van der Waals surface area contributed by atoms with Crippen molar-refractivity contribution >= 4 is 18.0 Å². The van der Waals surface area contributed by atoms with Gasteiger partial charge in [0.2, 0.25) is 5.91 Å². The highest BCUT2D eigenvalue weighted by Crippen LogP contribution is 1.97. The Morgan fingerprint density at radius 1 is 1.21 bits per heavy atom. The highest BCUT2D eigenvalue weighted by molar-refractivity contribution is 5.90. The zero-order valence-electron chi connectivity index (χ0n) is 11.0. The van der Waals surface area contributed by atoms with Crippen molar-refractivity contribution in [1.29, 1.82) is 0 Å². The minimum atomic E-state index is -0.981. The van der Waals surface area contributed by atoms with Gasteiger partial charge in [0.05, 0.1) is 0 Å². The first kappa shape index (κ1) is 18.7. The van der Waals surface area contributed by atoms with Gasteiger partial charge in [-0.3, -0.25) is 4.79 Å². The lowest BCUT2D eigenvalue weighted by molar-refractivity contribution is -0.131. The average Bonchev–Trinajstić information content (AvgIpc) is 2.40. The summed E-state index contributed by atoms with van der Waals surface area (Å²) in [6.07, 6.45) is 2.67. The van der Waals surface area contributed by atoms with E-state index in [2.05, 4.69) is 19.7 Å². The number of nitrogens with two attached hydrogens (primary N) is 1. The summed E-state index contributed by atoms with van der Waals surface area (Å²) in [5.41, 5.74) is 6.27. The molecule has 4 heteroatoms. The average molecular weight is 261 g/mol. The summed E-state index contributed by atoms with van der Waals surface area (Å²) in [6.45, 7) is 11.4. The van der Waals surface area contributed by atoms with Crippen molar-refractivity contribution in [2.75, 3.05) is 0 Å². The lowest BCUT2D eigenvalue weighted by Crippen LogP contribution is -2.10. The van der Waals surface area contributed by atoms with Gasteiger partial charge >= 0.3 is 5.97 Å². The molecule has 1 aromatic rings. The third-order valence-corrected chi connectivity index (χ3v) is 1.63. The molecule has 0 bridgehead atoms. The number of carboxylic acid groups (broad SMARTS) is 1. The van der Waals surface area contributed by atoms with Gasteiger partial charge in [-0.25, -0.2) is 4.79 Å². The molecule has 4 nitrogen and oxygen atoms in total. The maximum atomic E-state index is 9.82. The molecule has 1 aromatic carbocycles. The molecule has 3 N–H and O–H groups in total. The highest BCUT2D eigenvalue weighted by Gasteiger charge is 1.86. The molecule has 0 unspecified atom stereocenters. The molecule has 0 fully saturated rings. The predicted octanol–water partition coefficient (Wildman–Crippen LogP) is 2.63. The second kappa shape index (κ2) is 11.9. The van der Waals surface area contributed by atoms with Crippen molar-refractivity contribution in [3.63, 3.8) is 0 Å². The standard InChI is InChI=1S/C8H8.C4H7NO.C3H4O2/c1-2-8-6-4-3-5-7-8;1-3(2)4(5)6;1-2-3(4)5/h2-7H,1H2;1H2,2H3,(H2,5,6);2H,1H2,(H,4,5). The number of hydrogen-bond donors (Lipinski definition) is 2. The predicted molar refractivity (Wildman–Crippen MR) is 78.4 cm³/mol. The minimum absolute atomic E-state index is 0.398. The van der Waals surface area contributed by atoms with Crippen LogP contribution in [0.25, 0.3) is 6.08 Å². The molecule has 0 saturated carbocycles. The van der Waals surface area contributed by atoms with Crippen LogP contribution >= 0.6 is 0 Å². The number of hydrogen-bond acceptors (Lipinski definition) is 2. The monoisotopic (exact) mass is 261 g/mol. The number of rotatable bonds is 3. The van der Waals surface area contributed by atoms with E-state index < -0.39 is 11.9 Å². The summed E-state index contributed by atoms with van der Waals surface area (Å²) in [5.74, 6) is -1.42. The van der Waals surface area contributed by atoms with Gasteiger partial charge in [0.25, 0.3) is 0 Å². The van der Waals surface area contributed by atoms with E-state index in [0.29, 0.717) is 5.57 Å². The second-order valence-electron chi connectivity index (χ2n) is 3.30. The molecule has 1 amide bonds. The first-order valence-electron chi connectivity index (χ1n) is 5.33. The van der Waals surface area contributed by atoms with Gasteiger partial charge in [-0.05, 0) is 12.5 Å². The third kappa shape index (κ3) is 15.4. The number of aliphatic carboxylic acids is 1. The molecule has 1 rings (SSSR count). The largest absolute Gasteiger partial charge is 0.478 e. The van der Waals surface area contributed by atoms with Crippen molar-refractivity contribution in [2.45, 2.75) is 6.92 Å². The van der Waals surface area contributed by atoms with E-state index in [1.54, 1.807) is 6.92 Å². The summed E-state index contributed by atoms with van der Waals surface area (Å²) < 4.78 is 0. The minimum Gasteiger partial charge on any atom is -0.478 e. The normalized spacial score (nSPS) is 7.63. The second-order valence-corrected chi connectivity index (χ2v) is 3.30. The van der Waals surface area contributed by atoms with Crippen LogP contribution in [-0.4, -0.2) is 17.0 Å². The van der Waals surface area contributed by atoms with Crippen molar-refractivity contribution in [3.8, 4) is 0 Å². The Labute approximate surface area is 113 Å². The van der Waals surface area contributed by atoms with Crippen molar-refractivity contribution < 1.29 is 14.7 Å². The van der Waals surface area contributed by atoms with Crippen LogP contribution in [-0.2, 0) is 9.59 Å². The smallest absolute Gasteiger partial charge is 0.327 e. The molecule has 0 spiro atoms. The summed E-state index contributed by atoms with van der Waals surface area (Å²) in [7, 11) is 0. The van der Waals surface area contributed by atoms with Gasteiger partial charge in [-0.2, -0.15) is 0 Å². The first-order chi connectivity index (χ1) is 8.84. The van der Waals surface area contributed by atoms with Gasteiger partial charge in [0.1, 0.15) is 0 Å². The van der Waals surface area contributed by atoms with E-state index in [0.717, 1.165) is 6.08 Å². The molecule has 0 aromatic heterocycles. The maximum Gasteiger partial charge on any atom is 0.327 e. The van der Waals surface area contributed by atoms with Crippen molar-refractivity contribution in [2.24, 2.45) is 5.73 Å². The number of carboxylic acids is 1. The molecular weight excluding hydrogens is 242 g/mol. The molecule has 0 atom stereocenters. The zero-order valence-corrected chi connectivity index (χ0v) is 11.0. The first-order valence-corrected chi connectivity index (χ1v) is 5.33. The van der Waals surface area contributed by atoms with Gasteiger partial charge in [-0.1, -0.05) is 56.1 Å². The van der Waals surface area contributed by atoms with Gasteiger partial charge in [0.15, 0.2) is 0 Å². The van der Waals surface area contributed by atoms with Crippen LogP contribution < -0.4 is 5.73 Å². The maximum absolute atomic E-state index is 9.82. The van der Waals surface area contributed by atoms with Crippen LogP contribution in [0, 0.1) is 0 Å². The molecule has 0 aliphatic rings. The van der Waals surface area contributed by atoms with E-state index >= 15 is 0 Å². The topological polar surface area (TPSA) is 80.4 Å². The number of benzene rings is 1. The number of carbonyl (C=O) groups excluding carboxylic acids is 1. The van der Waals surface area contributed by atoms with E-state index in [9.17, 15) is 9.59 Å². The van der Waals surface area contributed by atoms with Gasteiger partial charge in [-0.15, -0.1) is 0 Å². The van der Waals surface area contributed by atoms with Gasteiger partial charge in [0, 0.05) is 11.6 Å². The molecule has 19 heavy (non-hydrogen) atoms. The Balaban J connectivity index is 0. The molecule has 0 saturated heterocycles. The number of amides is 1. The molecule has 0 radical (unpaired) electrons. The van der Waals surface area contributed by atoms with Crippen LogP contribution in [0.2, 0.25) is 0 Å². The van der Waals surface area contributed by atoms with Crippen LogP contribution in [0.4, 0.5) is 0 Å². The van der Waals surface area contributed by atoms with Crippen molar-refractivity contribution in [1.82, 2.24) is 0 Å². The summed E-state index contributed by atoms with van der Waals surface area (Å²) in [4.78, 5) is 19.1. The SMILES string of the molecule is C=C(C)C(N)=O.C=CC(=O)O.C=Cc1ccccc1. The van der Waals surface area contributed by atoms with Gasteiger partial charge < -0.3 is 10.8 Å². The third-order valence-electron chi connectivity index (χ3n) is 1.63. The van der Waals surface area contributed by atoms with E-state index in [1.807, 2.05) is 36.4 Å². The Morgan fingerprint density at radius 2 is 1.58 bits per heavy atom. The molecule has 0 heterocycles. The zero-order chi connectivity index (χ0) is 15.3.